The van der Waals surface area contributed by atoms with Crippen molar-refractivity contribution in [2.24, 2.45) is 11.7 Å². The van der Waals surface area contributed by atoms with Crippen LogP contribution in [0.15, 0.2) is 18.2 Å². The van der Waals surface area contributed by atoms with E-state index in [0.717, 1.165) is 25.2 Å². The van der Waals surface area contributed by atoms with Gasteiger partial charge in [0, 0.05) is 43.4 Å². The van der Waals surface area contributed by atoms with Gasteiger partial charge in [-0.15, -0.1) is 0 Å². The quantitative estimate of drug-likeness (QED) is 0.808. The summed E-state index contributed by atoms with van der Waals surface area (Å²) in [4.78, 5) is 2.10. The van der Waals surface area contributed by atoms with Crippen molar-refractivity contribution in [3.63, 3.8) is 0 Å². The van der Waals surface area contributed by atoms with Gasteiger partial charge in [0.05, 0.1) is 0 Å². The Hall–Kier alpha value is -1.13. The maximum Gasteiger partial charge on any atom is 0.129 e. The molecule has 1 heterocycles. The minimum absolute atomic E-state index is 0.208. The number of hydrogen-bond acceptors (Lipinski definition) is 3. The molecule has 0 aliphatic carbocycles. The highest BCUT2D eigenvalue weighted by atomic mass is 19.1. The van der Waals surface area contributed by atoms with Crippen LogP contribution < -0.4 is 10.6 Å². The Morgan fingerprint density at radius 3 is 2.88 bits per heavy atom. The van der Waals surface area contributed by atoms with E-state index in [4.69, 9.17) is 10.8 Å². The third-order valence-corrected chi connectivity index (χ3v) is 3.17. The molecule has 1 atom stereocenters. The molecule has 1 aromatic carbocycles. The molecule has 1 unspecified atom stereocenters. The lowest BCUT2D eigenvalue weighted by Gasteiger charge is -2.19. The number of nitrogens with zero attached hydrogens (tertiary/aromatic N) is 1. The zero-order valence-electron chi connectivity index (χ0n) is 9.19. The number of rotatable bonds is 3. The fourth-order valence-corrected chi connectivity index (χ4v) is 2.11. The second kappa shape index (κ2) is 4.80. The van der Waals surface area contributed by atoms with Gasteiger partial charge in [0.15, 0.2) is 0 Å². The Bertz CT molecular complexity index is 370. The van der Waals surface area contributed by atoms with Crippen molar-refractivity contribution < 1.29 is 9.50 Å². The normalized spacial score (nSPS) is 20.4. The highest BCUT2D eigenvalue weighted by molar-refractivity contribution is 5.49. The number of halogens is 1. The van der Waals surface area contributed by atoms with Crippen LogP contribution in [0.5, 0.6) is 0 Å². The topological polar surface area (TPSA) is 49.5 Å². The Kier molecular flexibility index (Phi) is 3.41. The van der Waals surface area contributed by atoms with Gasteiger partial charge in [0.2, 0.25) is 0 Å². The van der Waals surface area contributed by atoms with Gasteiger partial charge in [0.25, 0.3) is 0 Å². The minimum atomic E-state index is -0.243. The maximum absolute atomic E-state index is 13.5. The van der Waals surface area contributed by atoms with Crippen LogP contribution in [0.4, 0.5) is 10.1 Å². The van der Waals surface area contributed by atoms with Crippen LogP contribution in [0.1, 0.15) is 12.0 Å². The third-order valence-electron chi connectivity index (χ3n) is 3.17. The van der Waals surface area contributed by atoms with Gasteiger partial charge in [0.1, 0.15) is 5.82 Å². The van der Waals surface area contributed by atoms with Crippen LogP contribution in [-0.4, -0.2) is 24.8 Å². The smallest absolute Gasteiger partial charge is 0.129 e. The molecule has 3 N–H and O–H groups in total. The number of anilines is 1. The van der Waals surface area contributed by atoms with E-state index in [2.05, 4.69) is 4.90 Å². The Morgan fingerprint density at radius 2 is 2.31 bits per heavy atom. The van der Waals surface area contributed by atoms with Gasteiger partial charge in [-0.05, 0) is 18.6 Å². The zero-order valence-corrected chi connectivity index (χ0v) is 9.19. The molecule has 0 radical (unpaired) electrons. The molecule has 1 aliphatic heterocycles. The summed E-state index contributed by atoms with van der Waals surface area (Å²) in [6.45, 7) is 2.12. The number of hydrogen-bond donors (Lipinski definition) is 2. The first kappa shape index (κ1) is 11.4. The van der Waals surface area contributed by atoms with Crippen LogP contribution in [0, 0.1) is 11.7 Å². The second-order valence-electron chi connectivity index (χ2n) is 4.26. The van der Waals surface area contributed by atoms with Gasteiger partial charge in [-0.3, -0.25) is 0 Å². The molecule has 0 saturated carbocycles. The van der Waals surface area contributed by atoms with Crippen molar-refractivity contribution in [1.82, 2.24) is 0 Å². The number of benzene rings is 1. The van der Waals surface area contributed by atoms with Crippen molar-refractivity contribution in [2.45, 2.75) is 13.0 Å². The molecule has 0 spiro atoms. The molecule has 2 rings (SSSR count). The van der Waals surface area contributed by atoms with Crippen LogP contribution in [0.3, 0.4) is 0 Å². The Labute approximate surface area is 94.7 Å². The predicted octanol–water partition coefficient (Wildman–Crippen LogP) is 1.10. The first-order valence-electron chi connectivity index (χ1n) is 5.59. The van der Waals surface area contributed by atoms with Crippen LogP contribution >= 0.6 is 0 Å². The lowest BCUT2D eigenvalue weighted by Crippen LogP contribution is -2.20. The van der Waals surface area contributed by atoms with E-state index >= 15 is 0 Å². The highest BCUT2D eigenvalue weighted by Crippen LogP contribution is 2.25. The van der Waals surface area contributed by atoms with E-state index in [-0.39, 0.29) is 19.0 Å². The van der Waals surface area contributed by atoms with Crippen LogP contribution in [-0.2, 0) is 6.54 Å². The van der Waals surface area contributed by atoms with Crippen LogP contribution in [0.2, 0.25) is 0 Å². The van der Waals surface area contributed by atoms with E-state index in [1.54, 1.807) is 6.07 Å². The summed E-state index contributed by atoms with van der Waals surface area (Å²) in [6, 6.07) is 5.16. The molecule has 3 nitrogen and oxygen atoms in total. The SMILES string of the molecule is NCc1ccc(N2CCC(CO)C2)cc1F. The van der Waals surface area contributed by atoms with Gasteiger partial charge < -0.3 is 15.7 Å². The minimum Gasteiger partial charge on any atom is -0.396 e. The second-order valence-corrected chi connectivity index (χ2v) is 4.26. The third kappa shape index (κ3) is 2.18. The van der Waals surface area contributed by atoms with Crippen LogP contribution in [0.25, 0.3) is 0 Å². The van der Waals surface area contributed by atoms with E-state index in [1.165, 1.54) is 6.07 Å². The maximum atomic E-state index is 13.5. The molecule has 16 heavy (non-hydrogen) atoms. The lowest BCUT2D eigenvalue weighted by atomic mass is 10.1. The number of nitrogens with two attached hydrogens (primary N) is 1. The fourth-order valence-electron chi connectivity index (χ4n) is 2.11. The molecular weight excluding hydrogens is 207 g/mol. The van der Waals surface area contributed by atoms with Gasteiger partial charge >= 0.3 is 0 Å². The summed E-state index contributed by atoms with van der Waals surface area (Å²) in [5.74, 6) is 0.0738. The Morgan fingerprint density at radius 1 is 1.50 bits per heavy atom. The van der Waals surface area contributed by atoms with E-state index in [9.17, 15) is 4.39 Å². The van der Waals surface area contributed by atoms with Crippen molar-refractivity contribution in [2.75, 3.05) is 24.6 Å². The van der Waals surface area contributed by atoms with Crippen molar-refractivity contribution in [3.05, 3.63) is 29.6 Å². The summed E-state index contributed by atoms with van der Waals surface area (Å²) in [7, 11) is 0. The van der Waals surface area contributed by atoms with Gasteiger partial charge in [-0.25, -0.2) is 4.39 Å². The first-order chi connectivity index (χ1) is 7.74. The molecule has 1 fully saturated rings. The molecular formula is C12H17FN2O. The molecule has 0 bridgehead atoms. The van der Waals surface area contributed by atoms with E-state index < -0.39 is 0 Å². The predicted molar refractivity (Wildman–Crippen MR) is 61.7 cm³/mol. The molecule has 1 aromatic rings. The largest absolute Gasteiger partial charge is 0.396 e. The van der Waals surface area contributed by atoms with E-state index in [1.807, 2.05) is 6.07 Å². The molecule has 88 valence electrons. The van der Waals surface area contributed by atoms with E-state index in [0.29, 0.717) is 11.5 Å². The van der Waals surface area contributed by atoms with Gasteiger partial charge in [-0.2, -0.15) is 0 Å². The number of aliphatic hydroxyl groups is 1. The molecule has 1 aliphatic rings. The monoisotopic (exact) mass is 224 g/mol. The first-order valence-corrected chi connectivity index (χ1v) is 5.59. The Balaban J connectivity index is 2.13. The average Bonchev–Trinajstić information content (AvgIpc) is 2.77. The average molecular weight is 224 g/mol. The van der Waals surface area contributed by atoms with Crippen molar-refractivity contribution in [1.29, 1.82) is 0 Å². The van der Waals surface area contributed by atoms with Gasteiger partial charge in [-0.1, -0.05) is 6.07 Å². The summed E-state index contributed by atoms with van der Waals surface area (Å²) in [6.07, 6.45) is 0.969. The lowest BCUT2D eigenvalue weighted by molar-refractivity contribution is 0.238. The number of aliphatic hydroxyl groups excluding tert-OH is 1. The molecule has 0 aromatic heterocycles. The summed E-state index contributed by atoms with van der Waals surface area (Å²) in [5.41, 5.74) is 6.83. The van der Waals surface area contributed by atoms with Crippen molar-refractivity contribution in [3.8, 4) is 0 Å². The summed E-state index contributed by atoms with van der Waals surface area (Å²) < 4.78 is 13.5. The fraction of sp³-hybridized carbons (Fsp3) is 0.500. The molecule has 1 saturated heterocycles. The molecule has 0 amide bonds. The molecule has 4 heteroatoms. The standard InChI is InChI=1S/C12H17FN2O/c13-12-5-11(2-1-10(12)6-14)15-4-3-9(7-15)8-16/h1-2,5,9,16H,3-4,6-8,14H2. The summed E-state index contributed by atoms with van der Waals surface area (Å²) >= 11 is 0. The van der Waals surface area contributed by atoms with Crippen molar-refractivity contribution >= 4 is 5.69 Å². The zero-order chi connectivity index (χ0) is 11.5. The summed E-state index contributed by atoms with van der Waals surface area (Å²) in [5, 5.41) is 9.05. The highest BCUT2D eigenvalue weighted by Gasteiger charge is 2.22.